The number of hydrogen-bond acceptors (Lipinski definition) is 5. The van der Waals surface area contributed by atoms with Gasteiger partial charge in [0.15, 0.2) is 0 Å². The number of nitrogens with one attached hydrogen (secondary N) is 1. The van der Waals surface area contributed by atoms with E-state index < -0.39 is 45.3 Å². The summed E-state index contributed by atoms with van der Waals surface area (Å²) in [5.74, 6) is -1.11. The molecule has 11 heteroatoms. The molecule has 1 amide bonds. The van der Waals surface area contributed by atoms with E-state index in [9.17, 15) is 22.4 Å². The summed E-state index contributed by atoms with van der Waals surface area (Å²) in [6.45, 7) is 8.99. The van der Waals surface area contributed by atoms with Crippen LogP contribution in [0.2, 0.25) is 5.02 Å². The Morgan fingerprint density at radius 3 is 2.58 bits per heavy atom. The Morgan fingerprint density at radius 1 is 1.27 bits per heavy atom. The van der Waals surface area contributed by atoms with Crippen LogP contribution in [0.25, 0.3) is 0 Å². The molecule has 0 bridgehead atoms. The van der Waals surface area contributed by atoms with Crippen molar-refractivity contribution in [2.75, 3.05) is 11.9 Å². The Labute approximate surface area is 192 Å². The van der Waals surface area contributed by atoms with Crippen LogP contribution in [0.15, 0.2) is 40.4 Å². The standard InChI is InChI=1S/C22H21ClF4N4O2/c1-20(2)11-21(3,31-17(28-4)10-33-20)14-8-13(5-6-16(14)24)30-19(32)18-15(23)7-12(9-29-18)22(25,26)27/h5-9H,4,10-11H2,1-3H3,(H,30,32)/t21-/m0/s1. The second-order valence-corrected chi connectivity index (χ2v) is 8.79. The molecule has 33 heavy (non-hydrogen) atoms. The monoisotopic (exact) mass is 484 g/mol. The Bertz CT molecular complexity index is 1130. The summed E-state index contributed by atoms with van der Waals surface area (Å²) in [6.07, 6.45) is -3.83. The zero-order valence-electron chi connectivity index (χ0n) is 18.1. The Hall–Kier alpha value is -2.85. The zero-order chi connectivity index (χ0) is 24.6. The molecule has 1 aromatic heterocycles. The first kappa shape index (κ1) is 24.8. The average molecular weight is 485 g/mol. The van der Waals surface area contributed by atoms with E-state index in [1.807, 2.05) is 13.8 Å². The number of amides is 1. The SMILES string of the molecule is C=NC1=N[C@](C)(c2cc(NC(=O)c3ncc(C(F)(F)F)cc3Cl)ccc2F)CC(C)(C)OC1. The highest BCUT2D eigenvalue weighted by Gasteiger charge is 2.39. The third kappa shape index (κ3) is 5.56. The van der Waals surface area contributed by atoms with Crippen LogP contribution >= 0.6 is 11.6 Å². The number of nitrogens with zero attached hydrogens (tertiary/aromatic N) is 3. The van der Waals surface area contributed by atoms with E-state index in [0.717, 1.165) is 6.07 Å². The molecule has 3 rings (SSSR count). The van der Waals surface area contributed by atoms with Gasteiger partial charge in [0.25, 0.3) is 5.91 Å². The highest BCUT2D eigenvalue weighted by atomic mass is 35.5. The lowest BCUT2D eigenvalue weighted by atomic mass is 9.82. The minimum Gasteiger partial charge on any atom is -0.367 e. The second-order valence-electron chi connectivity index (χ2n) is 8.39. The topological polar surface area (TPSA) is 75.9 Å². The predicted molar refractivity (Wildman–Crippen MR) is 118 cm³/mol. The number of halogens is 5. The molecule has 0 saturated carbocycles. The minimum atomic E-state index is -4.65. The number of alkyl halides is 3. The number of amidine groups is 1. The summed E-state index contributed by atoms with van der Waals surface area (Å²) in [5.41, 5.74) is -2.88. The first-order chi connectivity index (χ1) is 15.2. The van der Waals surface area contributed by atoms with Gasteiger partial charge in [-0.3, -0.25) is 9.79 Å². The van der Waals surface area contributed by atoms with Gasteiger partial charge in [0.05, 0.1) is 21.7 Å². The van der Waals surface area contributed by atoms with Crippen LogP contribution < -0.4 is 5.32 Å². The maximum Gasteiger partial charge on any atom is 0.417 e. The van der Waals surface area contributed by atoms with Crippen molar-refractivity contribution < 1.29 is 27.1 Å². The molecule has 0 saturated heterocycles. The van der Waals surface area contributed by atoms with Crippen LogP contribution in [-0.2, 0) is 16.5 Å². The number of rotatable bonds is 3. The molecule has 176 valence electrons. The molecule has 1 aromatic carbocycles. The number of pyridine rings is 1. The van der Waals surface area contributed by atoms with E-state index >= 15 is 0 Å². The van der Waals surface area contributed by atoms with Crippen molar-refractivity contribution in [3.8, 4) is 0 Å². The van der Waals surface area contributed by atoms with E-state index in [-0.39, 0.29) is 17.9 Å². The van der Waals surface area contributed by atoms with E-state index in [4.69, 9.17) is 16.3 Å². The van der Waals surface area contributed by atoms with Crippen molar-refractivity contribution in [3.05, 3.63) is 58.1 Å². The molecule has 1 aliphatic rings. The predicted octanol–water partition coefficient (Wildman–Crippen LogP) is 5.66. The fourth-order valence-corrected chi connectivity index (χ4v) is 3.95. The van der Waals surface area contributed by atoms with Gasteiger partial charge in [-0.25, -0.2) is 14.4 Å². The Balaban J connectivity index is 1.95. The van der Waals surface area contributed by atoms with Gasteiger partial charge in [0, 0.05) is 23.9 Å². The van der Waals surface area contributed by atoms with Crippen LogP contribution in [0.3, 0.4) is 0 Å². The molecule has 0 spiro atoms. The molecule has 1 aliphatic heterocycles. The van der Waals surface area contributed by atoms with E-state index in [1.54, 1.807) is 6.92 Å². The van der Waals surface area contributed by atoms with Crippen molar-refractivity contribution in [2.45, 2.75) is 44.5 Å². The fraction of sp³-hybridized carbons (Fsp3) is 0.364. The van der Waals surface area contributed by atoms with Crippen molar-refractivity contribution in [1.82, 2.24) is 4.98 Å². The smallest absolute Gasteiger partial charge is 0.367 e. The number of benzene rings is 1. The molecule has 0 fully saturated rings. The highest BCUT2D eigenvalue weighted by molar-refractivity contribution is 6.34. The van der Waals surface area contributed by atoms with Crippen molar-refractivity contribution in [2.24, 2.45) is 9.98 Å². The van der Waals surface area contributed by atoms with Gasteiger partial charge in [-0.2, -0.15) is 13.2 Å². The fourth-order valence-electron chi connectivity index (χ4n) is 3.70. The van der Waals surface area contributed by atoms with Gasteiger partial charge >= 0.3 is 6.18 Å². The normalized spacial score (nSPS) is 20.5. The molecular weight excluding hydrogens is 464 g/mol. The van der Waals surface area contributed by atoms with Gasteiger partial charge in [0.2, 0.25) is 0 Å². The van der Waals surface area contributed by atoms with E-state index in [1.165, 1.54) is 12.1 Å². The van der Waals surface area contributed by atoms with E-state index in [0.29, 0.717) is 24.5 Å². The largest absolute Gasteiger partial charge is 0.417 e. The number of hydrogen-bond donors (Lipinski definition) is 1. The van der Waals surface area contributed by atoms with Gasteiger partial charge in [-0.05, 0) is 51.8 Å². The molecule has 0 radical (unpaired) electrons. The van der Waals surface area contributed by atoms with Crippen LogP contribution in [0.4, 0.5) is 23.2 Å². The van der Waals surface area contributed by atoms with Crippen molar-refractivity contribution in [3.63, 3.8) is 0 Å². The van der Waals surface area contributed by atoms with Crippen LogP contribution in [-0.4, -0.2) is 35.7 Å². The molecule has 0 aliphatic carbocycles. The van der Waals surface area contributed by atoms with Gasteiger partial charge in [0.1, 0.15) is 24.0 Å². The third-order valence-electron chi connectivity index (χ3n) is 5.11. The summed E-state index contributed by atoms with van der Waals surface area (Å²) in [4.78, 5) is 24.5. The van der Waals surface area contributed by atoms with E-state index in [2.05, 4.69) is 27.0 Å². The molecule has 1 atom stereocenters. The molecule has 2 heterocycles. The number of carbonyl (C=O) groups excluding carboxylic acids is 1. The quantitative estimate of drug-likeness (QED) is 0.451. The Morgan fingerprint density at radius 2 is 1.97 bits per heavy atom. The third-order valence-corrected chi connectivity index (χ3v) is 5.40. The summed E-state index contributed by atoms with van der Waals surface area (Å²) >= 11 is 5.85. The second kappa shape index (κ2) is 8.83. The Kier molecular flexibility index (Phi) is 6.63. The van der Waals surface area contributed by atoms with Gasteiger partial charge in [-0.1, -0.05) is 11.6 Å². The lowest BCUT2D eigenvalue weighted by Gasteiger charge is -2.33. The summed E-state index contributed by atoms with van der Waals surface area (Å²) < 4.78 is 59.1. The van der Waals surface area contributed by atoms with Gasteiger partial charge in [-0.15, -0.1) is 0 Å². The lowest BCUT2D eigenvalue weighted by Crippen LogP contribution is -2.33. The van der Waals surface area contributed by atoms with Crippen molar-refractivity contribution >= 4 is 35.7 Å². The number of carbonyl (C=O) groups is 1. The maximum absolute atomic E-state index is 14.9. The molecule has 2 aromatic rings. The molecular formula is C22H21ClF4N4O2. The maximum atomic E-state index is 14.9. The first-order valence-corrected chi connectivity index (χ1v) is 10.2. The van der Waals surface area contributed by atoms with Crippen molar-refractivity contribution in [1.29, 1.82) is 0 Å². The van der Waals surface area contributed by atoms with Crippen LogP contribution in [0.1, 0.15) is 48.8 Å². The average Bonchev–Trinajstić information content (AvgIpc) is 2.83. The molecule has 1 N–H and O–H groups in total. The van der Waals surface area contributed by atoms with Gasteiger partial charge < -0.3 is 10.1 Å². The van der Waals surface area contributed by atoms with Crippen LogP contribution in [0.5, 0.6) is 0 Å². The number of anilines is 1. The summed E-state index contributed by atoms with van der Waals surface area (Å²) in [6, 6.07) is 4.49. The van der Waals surface area contributed by atoms with Crippen LogP contribution in [0, 0.1) is 5.82 Å². The minimum absolute atomic E-state index is 0.113. The highest BCUT2D eigenvalue weighted by Crippen LogP contribution is 2.40. The lowest BCUT2D eigenvalue weighted by molar-refractivity contribution is -0.137. The first-order valence-electron chi connectivity index (χ1n) is 9.78. The number of aliphatic imine (C=N–C) groups is 2. The summed E-state index contributed by atoms with van der Waals surface area (Å²) in [7, 11) is 0. The molecule has 0 unspecified atom stereocenters. The number of ether oxygens (including phenoxy) is 1. The number of aromatic nitrogens is 1. The summed E-state index contributed by atoms with van der Waals surface area (Å²) in [5, 5.41) is 2.03. The molecule has 6 nitrogen and oxygen atoms in total. The zero-order valence-corrected chi connectivity index (χ0v) is 18.8.